The average Bonchev–Trinajstić information content (AvgIpc) is 2.83. The largest absolute Gasteiger partial charge is 0.444 e. The molecule has 10 nitrogen and oxygen atoms in total. The van der Waals surface area contributed by atoms with Crippen molar-refractivity contribution in [2.24, 2.45) is 0 Å². The Kier molecular flexibility index (Phi) is 6.96. The van der Waals surface area contributed by atoms with Gasteiger partial charge in [0.15, 0.2) is 5.82 Å². The summed E-state index contributed by atoms with van der Waals surface area (Å²) in [4.78, 5) is 41.9. The van der Waals surface area contributed by atoms with E-state index in [1.165, 1.54) is 0 Å². The molecule has 3 aromatic heterocycles. The molecule has 0 radical (unpaired) electrons. The van der Waals surface area contributed by atoms with Crippen molar-refractivity contribution < 1.29 is 9.53 Å². The quantitative estimate of drug-likeness (QED) is 0.588. The zero-order valence-corrected chi connectivity index (χ0v) is 21.4. The van der Waals surface area contributed by atoms with Crippen molar-refractivity contribution in [3.63, 3.8) is 0 Å². The lowest BCUT2D eigenvalue weighted by Gasteiger charge is -2.37. The molecule has 4 rings (SSSR count). The van der Waals surface area contributed by atoms with Crippen LogP contribution in [0.4, 0.5) is 16.3 Å². The second-order valence-corrected chi connectivity index (χ2v) is 10.1. The van der Waals surface area contributed by atoms with Crippen LogP contribution in [0.25, 0.3) is 22.8 Å². The lowest BCUT2D eigenvalue weighted by molar-refractivity contribution is 0.0240. The highest BCUT2D eigenvalue weighted by molar-refractivity contribution is 5.71. The van der Waals surface area contributed by atoms with E-state index in [0.717, 1.165) is 11.3 Å². The van der Waals surface area contributed by atoms with Crippen LogP contribution in [0.5, 0.6) is 0 Å². The van der Waals surface area contributed by atoms with Crippen LogP contribution >= 0.6 is 0 Å². The molecule has 0 aromatic carbocycles. The Hall–Kier alpha value is -3.95. The van der Waals surface area contributed by atoms with E-state index in [1.807, 2.05) is 46.8 Å². The molecule has 190 valence electrons. The molecule has 4 heterocycles. The third-order valence-electron chi connectivity index (χ3n) is 5.85. The minimum atomic E-state index is -0.521. The summed E-state index contributed by atoms with van der Waals surface area (Å²) in [5.74, 6) is 0.823. The molecule has 1 saturated heterocycles. The highest BCUT2D eigenvalue weighted by Gasteiger charge is 2.27. The number of ether oxygens (including phenoxy) is 1. The smallest absolute Gasteiger partial charge is 0.410 e. The highest BCUT2D eigenvalue weighted by Crippen LogP contribution is 2.27. The number of anilines is 2. The second kappa shape index (κ2) is 9.96. The summed E-state index contributed by atoms with van der Waals surface area (Å²) in [6, 6.07) is 8.91. The molecule has 0 bridgehead atoms. The monoisotopic (exact) mass is 491 g/mol. The van der Waals surface area contributed by atoms with E-state index < -0.39 is 5.60 Å². The first-order valence-electron chi connectivity index (χ1n) is 12.1. The van der Waals surface area contributed by atoms with E-state index >= 15 is 0 Å². The molecule has 1 aliphatic rings. The molecule has 0 saturated carbocycles. The number of nitrogen functional groups attached to an aromatic ring is 1. The van der Waals surface area contributed by atoms with Crippen molar-refractivity contribution in [2.45, 2.75) is 46.3 Å². The van der Waals surface area contributed by atoms with Gasteiger partial charge in [-0.3, -0.25) is 4.79 Å². The first kappa shape index (κ1) is 25.2. The fourth-order valence-electron chi connectivity index (χ4n) is 4.02. The van der Waals surface area contributed by atoms with Crippen molar-refractivity contribution >= 4 is 17.6 Å². The number of piperazine rings is 1. The van der Waals surface area contributed by atoms with Gasteiger partial charge in [0.05, 0.1) is 11.4 Å². The molecule has 10 heteroatoms. The van der Waals surface area contributed by atoms with Crippen LogP contribution < -0.4 is 16.2 Å². The Morgan fingerprint density at radius 1 is 1.00 bits per heavy atom. The fourth-order valence-corrected chi connectivity index (χ4v) is 4.02. The predicted molar refractivity (Wildman–Crippen MR) is 140 cm³/mol. The Labute approximate surface area is 210 Å². The topological polar surface area (TPSA) is 119 Å². The number of aromatic nitrogens is 4. The molecule has 1 amide bonds. The van der Waals surface area contributed by atoms with E-state index in [1.54, 1.807) is 40.1 Å². The summed E-state index contributed by atoms with van der Waals surface area (Å²) in [7, 11) is 0. The Balaban J connectivity index is 1.50. The van der Waals surface area contributed by atoms with Crippen LogP contribution in [0.1, 0.15) is 40.7 Å². The molecule has 0 aliphatic carbocycles. The molecule has 3 aromatic rings. The SMILES string of the molecule is CC(C)n1cc(-c2ccnc(-c3ccc(N4CCN(C(=O)OC(C)(C)C)CC4)c(N)n3)n2)ccc1=O. The number of pyridine rings is 2. The molecule has 0 atom stereocenters. The number of hydrogen-bond donors (Lipinski definition) is 1. The van der Waals surface area contributed by atoms with E-state index in [-0.39, 0.29) is 17.7 Å². The number of hydrogen-bond acceptors (Lipinski definition) is 8. The van der Waals surface area contributed by atoms with Gasteiger partial charge in [-0.2, -0.15) is 0 Å². The van der Waals surface area contributed by atoms with Crippen molar-refractivity contribution in [1.29, 1.82) is 0 Å². The predicted octanol–water partition coefficient (Wildman–Crippen LogP) is 3.59. The Bertz CT molecular complexity index is 1310. The van der Waals surface area contributed by atoms with Gasteiger partial charge in [0, 0.05) is 56.2 Å². The second-order valence-electron chi connectivity index (χ2n) is 10.1. The van der Waals surface area contributed by atoms with Gasteiger partial charge in [0.2, 0.25) is 0 Å². The molecule has 36 heavy (non-hydrogen) atoms. The zero-order chi connectivity index (χ0) is 26.0. The van der Waals surface area contributed by atoms with Crippen LogP contribution in [-0.4, -0.2) is 62.3 Å². The van der Waals surface area contributed by atoms with Gasteiger partial charge in [-0.1, -0.05) is 0 Å². The van der Waals surface area contributed by atoms with Gasteiger partial charge in [-0.15, -0.1) is 0 Å². The van der Waals surface area contributed by atoms with Crippen LogP contribution in [-0.2, 0) is 4.74 Å². The third-order valence-corrected chi connectivity index (χ3v) is 5.85. The highest BCUT2D eigenvalue weighted by atomic mass is 16.6. The number of carbonyl (C=O) groups excluding carboxylic acids is 1. The molecule has 0 spiro atoms. The van der Waals surface area contributed by atoms with Crippen molar-refractivity contribution in [3.8, 4) is 22.8 Å². The van der Waals surface area contributed by atoms with Crippen LogP contribution in [0, 0.1) is 0 Å². The fraction of sp³-hybridized carbons (Fsp3) is 0.423. The first-order valence-corrected chi connectivity index (χ1v) is 12.1. The number of nitrogens with two attached hydrogens (primary N) is 1. The maximum atomic E-state index is 12.3. The normalized spacial score (nSPS) is 14.3. The number of rotatable bonds is 4. The van der Waals surface area contributed by atoms with Gasteiger partial charge in [-0.25, -0.2) is 19.7 Å². The minimum absolute atomic E-state index is 0.0405. The van der Waals surface area contributed by atoms with Crippen molar-refractivity contribution in [2.75, 3.05) is 36.8 Å². The summed E-state index contributed by atoms with van der Waals surface area (Å²) < 4.78 is 7.14. The van der Waals surface area contributed by atoms with Gasteiger partial charge >= 0.3 is 6.09 Å². The molecule has 2 N–H and O–H groups in total. The summed E-state index contributed by atoms with van der Waals surface area (Å²) in [5.41, 5.74) is 8.63. The molecule has 1 fully saturated rings. The average molecular weight is 492 g/mol. The van der Waals surface area contributed by atoms with Crippen molar-refractivity contribution in [1.82, 2.24) is 24.4 Å². The first-order chi connectivity index (χ1) is 17.0. The van der Waals surface area contributed by atoms with Crippen LogP contribution in [0.3, 0.4) is 0 Å². The summed E-state index contributed by atoms with van der Waals surface area (Å²) in [5, 5.41) is 0. The Morgan fingerprint density at radius 2 is 1.72 bits per heavy atom. The molecule has 0 unspecified atom stereocenters. The van der Waals surface area contributed by atoms with E-state index in [9.17, 15) is 9.59 Å². The van der Waals surface area contributed by atoms with E-state index in [4.69, 9.17) is 10.5 Å². The van der Waals surface area contributed by atoms with Gasteiger partial charge in [-0.05, 0) is 58.9 Å². The molecular weight excluding hydrogens is 458 g/mol. The van der Waals surface area contributed by atoms with E-state index in [0.29, 0.717) is 49.2 Å². The summed E-state index contributed by atoms with van der Waals surface area (Å²) in [6.45, 7) is 11.8. The van der Waals surface area contributed by atoms with Gasteiger partial charge < -0.3 is 24.8 Å². The number of amides is 1. The van der Waals surface area contributed by atoms with Crippen LogP contribution in [0.2, 0.25) is 0 Å². The number of carbonyl (C=O) groups is 1. The van der Waals surface area contributed by atoms with Gasteiger partial charge in [0.25, 0.3) is 5.56 Å². The lowest BCUT2D eigenvalue weighted by atomic mass is 10.2. The minimum Gasteiger partial charge on any atom is -0.444 e. The summed E-state index contributed by atoms with van der Waals surface area (Å²) >= 11 is 0. The maximum absolute atomic E-state index is 12.3. The molecular formula is C26H33N7O3. The van der Waals surface area contributed by atoms with Crippen molar-refractivity contribution in [3.05, 3.63) is 53.1 Å². The molecule has 1 aliphatic heterocycles. The maximum Gasteiger partial charge on any atom is 0.410 e. The van der Waals surface area contributed by atoms with E-state index in [2.05, 4.69) is 19.9 Å². The summed E-state index contributed by atoms with van der Waals surface area (Å²) in [6.07, 6.45) is 3.18. The zero-order valence-electron chi connectivity index (χ0n) is 21.4. The number of nitrogens with zero attached hydrogens (tertiary/aromatic N) is 6. The Morgan fingerprint density at radius 3 is 2.36 bits per heavy atom. The van der Waals surface area contributed by atoms with Crippen LogP contribution in [0.15, 0.2) is 47.5 Å². The standard InChI is InChI=1S/C26H33N7O3/c1-17(2)33-16-18(6-9-22(33)34)19-10-11-28-24(30-19)20-7-8-21(23(27)29-20)31-12-14-32(15-13-31)25(35)36-26(3,4)5/h6-11,16-17H,12-15H2,1-5H3,(H2,27,29). The third kappa shape index (κ3) is 5.64. The lowest BCUT2D eigenvalue weighted by Crippen LogP contribution is -2.50. The van der Waals surface area contributed by atoms with Gasteiger partial charge in [0.1, 0.15) is 17.1 Å².